The molecule has 2 atom stereocenters. The summed E-state index contributed by atoms with van der Waals surface area (Å²) in [7, 11) is 0. The molecule has 2 N–H and O–H groups in total. The second-order valence-corrected chi connectivity index (χ2v) is 4.53. The third-order valence-corrected chi connectivity index (χ3v) is 3.39. The smallest absolute Gasteiger partial charge is 0.00818 e. The van der Waals surface area contributed by atoms with Crippen molar-refractivity contribution in [3.63, 3.8) is 0 Å². The van der Waals surface area contributed by atoms with E-state index in [-0.39, 0.29) is 0 Å². The van der Waals surface area contributed by atoms with E-state index in [1.54, 1.807) is 0 Å². The van der Waals surface area contributed by atoms with Gasteiger partial charge >= 0.3 is 0 Å². The predicted molar refractivity (Wildman–Crippen MR) is 55.9 cm³/mol. The largest absolute Gasteiger partial charge is 0.314 e. The van der Waals surface area contributed by atoms with Crippen LogP contribution in [-0.2, 0) is 0 Å². The first-order valence-corrected chi connectivity index (χ1v) is 5.92. The van der Waals surface area contributed by atoms with Crippen molar-refractivity contribution in [2.45, 2.75) is 57.0 Å². The van der Waals surface area contributed by atoms with Crippen molar-refractivity contribution in [1.82, 2.24) is 10.6 Å². The maximum Gasteiger partial charge on any atom is 0.00818 e. The normalized spacial score (nSPS) is 36.0. The van der Waals surface area contributed by atoms with Gasteiger partial charge in [0, 0.05) is 12.1 Å². The first kappa shape index (κ1) is 9.47. The van der Waals surface area contributed by atoms with Crippen LogP contribution in [0.25, 0.3) is 0 Å². The molecule has 2 aliphatic heterocycles. The van der Waals surface area contributed by atoms with Crippen LogP contribution in [0.2, 0.25) is 0 Å². The van der Waals surface area contributed by atoms with Gasteiger partial charge in [0.1, 0.15) is 0 Å². The van der Waals surface area contributed by atoms with Gasteiger partial charge in [-0.05, 0) is 45.2 Å². The van der Waals surface area contributed by atoms with E-state index in [4.69, 9.17) is 0 Å². The fourth-order valence-corrected chi connectivity index (χ4v) is 2.59. The Balaban J connectivity index is 1.69. The second-order valence-electron chi connectivity index (χ2n) is 4.53. The van der Waals surface area contributed by atoms with E-state index in [1.807, 2.05) is 0 Å². The van der Waals surface area contributed by atoms with E-state index >= 15 is 0 Å². The van der Waals surface area contributed by atoms with Gasteiger partial charge in [-0.25, -0.2) is 0 Å². The van der Waals surface area contributed by atoms with Crippen LogP contribution < -0.4 is 10.6 Å². The molecule has 0 aromatic carbocycles. The molecule has 2 unspecified atom stereocenters. The van der Waals surface area contributed by atoms with Crippen molar-refractivity contribution in [3.05, 3.63) is 0 Å². The monoisotopic (exact) mass is 182 g/mol. The van der Waals surface area contributed by atoms with Gasteiger partial charge in [-0.2, -0.15) is 0 Å². The number of hydrogen-bond donors (Lipinski definition) is 2. The summed E-state index contributed by atoms with van der Waals surface area (Å²) in [5, 5.41) is 7.25. The molecular weight excluding hydrogens is 160 g/mol. The van der Waals surface area contributed by atoms with Crippen molar-refractivity contribution < 1.29 is 0 Å². The summed E-state index contributed by atoms with van der Waals surface area (Å²) in [4.78, 5) is 0. The van der Waals surface area contributed by atoms with Crippen LogP contribution in [0.5, 0.6) is 0 Å². The Morgan fingerprint density at radius 2 is 1.31 bits per heavy atom. The summed E-state index contributed by atoms with van der Waals surface area (Å²) in [6, 6.07) is 1.62. The molecule has 13 heavy (non-hydrogen) atoms. The fourth-order valence-electron chi connectivity index (χ4n) is 2.59. The quantitative estimate of drug-likeness (QED) is 0.678. The number of nitrogens with one attached hydrogen (secondary N) is 2. The Kier molecular flexibility index (Phi) is 3.62. The maximum atomic E-state index is 3.63. The zero-order valence-electron chi connectivity index (χ0n) is 8.52. The van der Waals surface area contributed by atoms with Gasteiger partial charge in [0.2, 0.25) is 0 Å². The lowest BCUT2D eigenvalue weighted by atomic mass is 9.93. The molecule has 2 heteroatoms. The van der Waals surface area contributed by atoms with Crippen molar-refractivity contribution in [2.75, 3.05) is 13.1 Å². The molecule has 2 fully saturated rings. The molecule has 0 radical (unpaired) electrons. The molecule has 2 aliphatic rings. The molecule has 0 saturated carbocycles. The van der Waals surface area contributed by atoms with Crippen LogP contribution in [0.1, 0.15) is 44.9 Å². The predicted octanol–water partition coefficient (Wildman–Crippen LogP) is 1.66. The number of piperidine rings is 2. The Bertz CT molecular complexity index is 119. The highest BCUT2D eigenvalue weighted by Crippen LogP contribution is 2.16. The fraction of sp³-hybridized carbons (Fsp3) is 1.00. The van der Waals surface area contributed by atoms with E-state index in [2.05, 4.69) is 10.6 Å². The molecular formula is C11H22N2. The van der Waals surface area contributed by atoms with Crippen molar-refractivity contribution in [2.24, 2.45) is 0 Å². The Morgan fingerprint density at radius 3 is 1.69 bits per heavy atom. The first-order chi connectivity index (χ1) is 6.45. The average molecular weight is 182 g/mol. The SMILES string of the molecule is C1CCC(CC2CCCCN2)NC1. The highest BCUT2D eigenvalue weighted by molar-refractivity contribution is 4.80. The molecule has 0 spiro atoms. The molecule has 0 bridgehead atoms. The van der Waals surface area contributed by atoms with Gasteiger partial charge in [0.05, 0.1) is 0 Å². The summed E-state index contributed by atoms with van der Waals surface area (Å²) < 4.78 is 0. The first-order valence-electron chi connectivity index (χ1n) is 5.92. The molecule has 2 saturated heterocycles. The third kappa shape index (κ3) is 2.96. The zero-order valence-corrected chi connectivity index (χ0v) is 8.52. The van der Waals surface area contributed by atoms with Gasteiger partial charge in [-0.15, -0.1) is 0 Å². The zero-order chi connectivity index (χ0) is 8.93. The van der Waals surface area contributed by atoms with Crippen LogP contribution in [0, 0.1) is 0 Å². The Labute approximate surface area is 81.5 Å². The molecule has 0 aliphatic carbocycles. The van der Waals surface area contributed by atoms with Gasteiger partial charge in [0.25, 0.3) is 0 Å². The lowest BCUT2D eigenvalue weighted by Gasteiger charge is -2.30. The molecule has 2 rings (SSSR count). The Morgan fingerprint density at radius 1 is 0.769 bits per heavy atom. The Hall–Kier alpha value is -0.0800. The summed E-state index contributed by atoms with van der Waals surface area (Å²) in [5.41, 5.74) is 0. The maximum absolute atomic E-state index is 3.63. The second kappa shape index (κ2) is 4.97. The minimum atomic E-state index is 0.810. The van der Waals surface area contributed by atoms with E-state index in [0.29, 0.717) is 0 Å². The average Bonchev–Trinajstić information content (AvgIpc) is 2.21. The van der Waals surface area contributed by atoms with Crippen molar-refractivity contribution >= 4 is 0 Å². The molecule has 2 nitrogen and oxygen atoms in total. The molecule has 0 aromatic rings. The summed E-state index contributed by atoms with van der Waals surface area (Å²) >= 11 is 0. The standard InChI is InChI=1S/C11H22N2/c1-3-7-12-10(5-1)9-11-6-2-4-8-13-11/h10-13H,1-9H2. The summed E-state index contributed by atoms with van der Waals surface area (Å²) in [6.07, 6.45) is 9.80. The topological polar surface area (TPSA) is 24.1 Å². The summed E-state index contributed by atoms with van der Waals surface area (Å²) in [5.74, 6) is 0. The van der Waals surface area contributed by atoms with Gasteiger partial charge in [-0.1, -0.05) is 12.8 Å². The molecule has 0 amide bonds. The van der Waals surface area contributed by atoms with Crippen molar-refractivity contribution in [1.29, 1.82) is 0 Å². The highest BCUT2D eigenvalue weighted by Gasteiger charge is 2.19. The van der Waals surface area contributed by atoms with Gasteiger partial charge in [0.15, 0.2) is 0 Å². The van der Waals surface area contributed by atoms with E-state index in [9.17, 15) is 0 Å². The van der Waals surface area contributed by atoms with Crippen LogP contribution in [-0.4, -0.2) is 25.2 Å². The lowest BCUT2D eigenvalue weighted by Crippen LogP contribution is -2.42. The van der Waals surface area contributed by atoms with Gasteiger partial charge < -0.3 is 10.6 Å². The van der Waals surface area contributed by atoms with Crippen LogP contribution in [0.15, 0.2) is 0 Å². The minimum absolute atomic E-state index is 0.810. The van der Waals surface area contributed by atoms with Gasteiger partial charge in [-0.3, -0.25) is 0 Å². The van der Waals surface area contributed by atoms with Crippen LogP contribution in [0.3, 0.4) is 0 Å². The minimum Gasteiger partial charge on any atom is -0.314 e. The van der Waals surface area contributed by atoms with Crippen molar-refractivity contribution in [3.8, 4) is 0 Å². The lowest BCUT2D eigenvalue weighted by molar-refractivity contribution is 0.304. The van der Waals surface area contributed by atoms with E-state index in [0.717, 1.165) is 12.1 Å². The highest BCUT2D eigenvalue weighted by atomic mass is 15.0. The molecule has 2 heterocycles. The van der Waals surface area contributed by atoms with Crippen LogP contribution in [0.4, 0.5) is 0 Å². The third-order valence-electron chi connectivity index (χ3n) is 3.39. The number of hydrogen-bond acceptors (Lipinski definition) is 2. The number of rotatable bonds is 2. The molecule has 0 aromatic heterocycles. The van der Waals surface area contributed by atoms with E-state index in [1.165, 1.54) is 58.0 Å². The molecule has 76 valence electrons. The van der Waals surface area contributed by atoms with Crippen LogP contribution >= 0.6 is 0 Å². The summed E-state index contributed by atoms with van der Waals surface area (Å²) in [6.45, 7) is 2.49. The van der Waals surface area contributed by atoms with E-state index < -0.39 is 0 Å².